The molecular formula is C15H18N2O4. The number of urea groups is 1. The minimum atomic E-state index is -0.839. The number of carbonyl (C=O) groups excluding carboxylic acids is 2. The molecule has 1 fully saturated rings. The zero-order chi connectivity index (χ0) is 15.6. The molecule has 112 valence electrons. The second-order valence-electron chi connectivity index (χ2n) is 5.36. The second-order valence-corrected chi connectivity index (χ2v) is 5.36. The summed E-state index contributed by atoms with van der Waals surface area (Å²) in [5, 5.41) is 11.6. The maximum Gasteiger partial charge on any atom is 0.321 e. The van der Waals surface area contributed by atoms with Gasteiger partial charge in [-0.2, -0.15) is 0 Å². The fourth-order valence-corrected chi connectivity index (χ4v) is 2.21. The van der Waals surface area contributed by atoms with Crippen molar-refractivity contribution in [2.24, 2.45) is 11.8 Å². The normalized spacial score (nSPS) is 16.0. The van der Waals surface area contributed by atoms with Crippen LogP contribution in [0, 0.1) is 11.8 Å². The first-order valence-corrected chi connectivity index (χ1v) is 6.78. The molecule has 1 aromatic rings. The zero-order valence-electron chi connectivity index (χ0n) is 12.0. The maximum absolute atomic E-state index is 12.0. The summed E-state index contributed by atoms with van der Waals surface area (Å²) in [7, 11) is 0. The highest BCUT2D eigenvalue weighted by atomic mass is 16.4. The summed E-state index contributed by atoms with van der Waals surface area (Å²) in [5.74, 6) is -1.36. The van der Waals surface area contributed by atoms with Crippen molar-refractivity contribution >= 4 is 23.5 Å². The van der Waals surface area contributed by atoms with Crippen molar-refractivity contribution < 1.29 is 19.5 Å². The Labute approximate surface area is 122 Å². The standard InChI is InChI=1S/C15H18N2O4/c1-9(14(19)20)12-7-17(8-12)15(21)16-13-5-3-4-11(6-13)10(2)18/h3-6,9,12H,7-8H2,1-2H3,(H,16,21)(H,19,20). The smallest absolute Gasteiger partial charge is 0.321 e. The van der Waals surface area contributed by atoms with Crippen molar-refractivity contribution in [3.05, 3.63) is 29.8 Å². The number of hydrogen-bond acceptors (Lipinski definition) is 3. The molecule has 2 N–H and O–H groups in total. The molecule has 6 nitrogen and oxygen atoms in total. The van der Waals surface area contributed by atoms with Crippen LogP contribution in [0.2, 0.25) is 0 Å². The Morgan fingerprint density at radius 2 is 2.00 bits per heavy atom. The van der Waals surface area contributed by atoms with Gasteiger partial charge in [0.1, 0.15) is 0 Å². The Morgan fingerprint density at radius 3 is 2.57 bits per heavy atom. The van der Waals surface area contributed by atoms with Crippen molar-refractivity contribution in [2.45, 2.75) is 13.8 Å². The third-order valence-corrected chi connectivity index (χ3v) is 3.81. The molecule has 0 saturated carbocycles. The van der Waals surface area contributed by atoms with Gasteiger partial charge in [0.05, 0.1) is 5.92 Å². The van der Waals surface area contributed by atoms with Gasteiger partial charge in [0.15, 0.2) is 5.78 Å². The molecule has 0 aliphatic carbocycles. The quantitative estimate of drug-likeness (QED) is 0.831. The van der Waals surface area contributed by atoms with E-state index in [-0.39, 0.29) is 17.7 Å². The van der Waals surface area contributed by atoms with Crippen molar-refractivity contribution in [1.29, 1.82) is 0 Å². The van der Waals surface area contributed by atoms with Crippen molar-refractivity contribution in [1.82, 2.24) is 4.90 Å². The first-order chi connectivity index (χ1) is 9.88. The third-order valence-electron chi connectivity index (χ3n) is 3.81. The van der Waals surface area contributed by atoms with Gasteiger partial charge in [-0.3, -0.25) is 9.59 Å². The van der Waals surface area contributed by atoms with Crippen LogP contribution in [0.5, 0.6) is 0 Å². The molecule has 1 aliphatic rings. The monoisotopic (exact) mass is 290 g/mol. The summed E-state index contributed by atoms with van der Waals surface area (Å²) in [6.45, 7) is 3.99. The topological polar surface area (TPSA) is 86.7 Å². The molecule has 0 spiro atoms. The van der Waals surface area contributed by atoms with Gasteiger partial charge in [-0.1, -0.05) is 19.1 Å². The van der Waals surface area contributed by atoms with Gasteiger partial charge in [-0.15, -0.1) is 0 Å². The molecule has 2 rings (SSSR count). The number of nitrogens with one attached hydrogen (secondary N) is 1. The molecule has 0 aromatic heterocycles. The number of anilines is 1. The number of aliphatic carboxylic acids is 1. The van der Waals surface area contributed by atoms with Crippen LogP contribution in [0.25, 0.3) is 0 Å². The van der Waals surface area contributed by atoms with Gasteiger partial charge in [-0.25, -0.2) is 4.79 Å². The third kappa shape index (κ3) is 3.39. The lowest BCUT2D eigenvalue weighted by Crippen LogP contribution is -2.54. The van der Waals surface area contributed by atoms with Crippen LogP contribution in [-0.4, -0.2) is 40.9 Å². The number of likely N-dealkylation sites (tertiary alicyclic amines) is 1. The van der Waals surface area contributed by atoms with Crippen LogP contribution < -0.4 is 5.32 Å². The number of Topliss-reactive ketones (excluding diaryl/α,β-unsaturated/α-hetero) is 1. The van der Waals surface area contributed by atoms with Crippen LogP contribution in [0.1, 0.15) is 24.2 Å². The maximum atomic E-state index is 12.0. The fraction of sp³-hybridized carbons (Fsp3) is 0.400. The predicted molar refractivity (Wildman–Crippen MR) is 77.3 cm³/mol. The highest BCUT2D eigenvalue weighted by molar-refractivity contribution is 5.96. The molecule has 0 radical (unpaired) electrons. The van der Waals surface area contributed by atoms with Crippen molar-refractivity contribution in [3.8, 4) is 0 Å². The lowest BCUT2D eigenvalue weighted by Gasteiger charge is -2.41. The Hall–Kier alpha value is -2.37. The van der Waals surface area contributed by atoms with Crippen LogP contribution in [0.15, 0.2) is 24.3 Å². The summed E-state index contributed by atoms with van der Waals surface area (Å²) >= 11 is 0. The first-order valence-electron chi connectivity index (χ1n) is 6.78. The number of hydrogen-bond donors (Lipinski definition) is 2. The molecule has 1 heterocycles. The van der Waals surface area contributed by atoms with E-state index >= 15 is 0 Å². The van der Waals surface area contributed by atoms with Crippen LogP contribution >= 0.6 is 0 Å². The van der Waals surface area contributed by atoms with Gasteiger partial charge in [0.25, 0.3) is 0 Å². The second kappa shape index (κ2) is 5.95. The molecular weight excluding hydrogens is 272 g/mol. The molecule has 6 heteroatoms. The van der Waals surface area contributed by atoms with Gasteiger partial charge < -0.3 is 15.3 Å². The first kappa shape index (κ1) is 15.0. The Kier molecular flexibility index (Phi) is 4.26. The van der Waals surface area contributed by atoms with E-state index in [1.54, 1.807) is 36.1 Å². The summed E-state index contributed by atoms with van der Waals surface area (Å²) < 4.78 is 0. The van der Waals surface area contributed by atoms with E-state index < -0.39 is 11.9 Å². The number of carboxylic acid groups (broad SMARTS) is 1. The Balaban J connectivity index is 1.91. The number of carbonyl (C=O) groups is 3. The minimum Gasteiger partial charge on any atom is -0.481 e. The predicted octanol–water partition coefficient (Wildman–Crippen LogP) is 2.07. The number of carboxylic acids is 1. The summed E-state index contributed by atoms with van der Waals surface area (Å²) in [5.41, 5.74) is 1.09. The average molecular weight is 290 g/mol. The number of benzene rings is 1. The van der Waals surface area contributed by atoms with Crippen molar-refractivity contribution in [3.63, 3.8) is 0 Å². The fourth-order valence-electron chi connectivity index (χ4n) is 2.21. The minimum absolute atomic E-state index is 0.00296. The molecule has 1 unspecified atom stereocenters. The zero-order valence-corrected chi connectivity index (χ0v) is 12.0. The molecule has 0 bridgehead atoms. The number of amides is 2. The van der Waals surface area contributed by atoms with Crippen LogP contribution in [0.4, 0.5) is 10.5 Å². The summed E-state index contributed by atoms with van der Waals surface area (Å²) in [4.78, 5) is 35.7. The van der Waals surface area contributed by atoms with Crippen LogP contribution in [0.3, 0.4) is 0 Å². The van der Waals surface area contributed by atoms with E-state index in [4.69, 9.17) is 5.11 Å². The van der Waals surface area contributed by atoms with E-state index in [0.29, 0.717) is 24.3 Å². The highest BCUT2D eigenvalue weighted by Gasteiger charge is 2.37. The van der Waals surface area contributed by atoms with Gasteiger partial charge in [-0.05, 0) is 19.1 Å². The van der Waals surface area contributed by atoms with Gasteiger partial charge in [0.2, 0.25) is 0 Å². The average Bonchev–Trinajstić information content (AvgIpc) is 2.36. The van der Waals surface area contributed by atoms with Gasteiger partial charge in [0, 0.05) is 30.3 Å². The lowest BCUT2D eigenvalue weighted by atomic mass is 9.87. The van der Waals surface area contributed by atoms with E-state index in [1.165, 1.54) is 6.92 Å². The van der Waals surface area contributed by atoms with Crippen molar-refractivity contribution in [2.75, 3.05) is 18.4 Å². The van der Waals surface area contributed by atoms with Gasteiger partial charge >= 0.3 is 12.0 Å². The SMILES string of the molecule is CC(=O)c1cccc(NC(=O)N2CC(C(C)C(=O)O)C2)c1. The molecule has 1 aromatic carbocycles. The van der Waals surface area contributed by atoms with E-state index in [0.717, 1.165) is 0 Å². The molecule has 1 saturated heterocycles. The number of nitrogens with zero attached hydrogens (tertiary/aromatic N) is 1. The Morgan fingerprint density at radius 1 is 1.33 bits per heavy atom. The molecule has 2 amide bonds. The number of ketones is 1. The molecule has 21 heavy (non-hydrogen) atoms. The lowest BCUT2D eigenvalue weighted by molar-refractivity contribution is -0.144. The van der Waals surface area contributed by atoms with Crippen LogP contribution in [-0.2, 0) is 4.79 Å². The Bertz CT molecular complexity index is 579. The summed E-state index contributed by atoms with van der Waals surface area (Å²) in [6, 6.07) is 6.45. The highest BCUT2D eigenvalue weighted by Crippen LogP contribution is 2.25. The van der Waals surface area contributed by atoms with E-state index in [1.807, 2.05) is 0 Å². The molecule has 1 aliphatic heterocycles. The molecule has 1 atom stereocenters. The van der Waals surface area contributed by atoms with E-state index in [2.05, 4.69) is 5.32 Å². The van der Waals surface area contributed by atoms with E-state index in [9.17, 15) is 14.4 Å². The summed E-state index contributed by atoms with van der Waals surface area (Å²) in [6.07, 6.45) is 0. The number of rotatable bonds is 4. The largest absolute Gasteiger partial charge is 0.481 e.